The van der Waals surface area contributed by atoms with Gasteiger partial charge in [-0.15, -0.1) is 0 Å². The van der Waals surface area contributed by atoms with Crippen LogP contribution in [0, 0.1) is 0 Å². The highest BCUT2D eigenvalue weighted by Gasteiger charge is 2.09. The van der Waals surface area contributed by atoms with Crippen molar-refractivity contribution in [3.8, 4) is 22.6 Å². The van der Waals surface area contributed by atoms with E-state index in [1.54, 1.807) is 0 Å². The molecule has 0 atom stereocenters. The fraction of sp³-hybridized carbons (Fsp3) is 0.0526. The Hall–Kier alpha value is -2.74. The first kappa shape index (κ1) is 13.3. The molecular formula is C19H16O2. The Bertz CT molecular complexity index is 618. The van der Waals surface area contributed by atoms with Gasteiger partial charge in [0.05, 0.1) is 0 Å². The molecule has 104 valence electrons. The Morgan fingerprint density at radius 1 is 0.476 bits per heavy atom. The van der Waals surface area contributed by atoms with Crippen molar-refractivity contribution in [1.29, 1.82) is 0 Å². The number of fused-ring (bicyclic) bond motifs is 1. The second-order valence-electron chi connectivity index (χ2n) is 4.59. The summed E-state index contributed by atoms with van der Waals surface area (Å²) in [4.78, 5) is 0. The highest BCUT2D eigenvalue weighted by Crippen LogP contribution is 2.30. The van der Waals surface area contributed by atoms with Crippen LogP contribution in [0.1, 0.15) is 0 Å². The van der Waals surface area contributed by atoms with Crippen LogP contribution in [0.3, 0.4) is 0 Å². The van der Waals surface area contributed by atoms with Gasteiger partial charge in [-0.1, -0.05) is 72.8 Å². The van der Waals surface area contributed by atoms with Crippen LogP contribution in [0.4, 0.5) is 0 Å². The van der Waals surface area contributed by atoms with E-state index in [9.17, 15) is 0 Å². The molecule has 1 heterocycles. The first-order valence-electron chi connectivity index (χ1n) is 6.88. The van der Waals surface area contributed by atoms with Gasteiger partial charge in [0.25, 0.3) is 0 Å². The highest BCUT2D eigenvalue weighted by atomic mass is 16.7. The molecule has 3 aromatic carbocycles. The molecule has 0 fully saturated rings. The van der Waals surface area contributed by atoms with Gasteiger partial charge in [0, 0.05) is 0 Å². The predicted molar refractivity (Wildman–Crippen MR) is 84.4 cm³/mol. The lowest BCUT2D eigenvalue weighted by atomic mass is 10.1. The molecule has 0 radical (unpaired) electrons. The number of ether oxygens (including phenoxy) is 2. The van der Waals surface area contributed by atoms with E-state index in [-0.39, 0.29) is 0 Å². The maximum absolute atomic E-state index is 5.08. The van der Waals surface area contributed by atoms with Crippen LogP contribution in [0.25, 0.3) is 11.1 Å². The van der Waals surface area contributed by atoms with Crippen LogP contribution in [0.15, 0.2) is 84.9 Å². The second-order valence-corrected chi connectivity index (χ2v) is 4.59. The molecule has 1 aliphatic heterocycles. The summed E-state index contributed by atoms with van der Waals surface area (Å²) in [5, 5.41) is 0. The van der Waals surface area contributed by atoms with E-state index >= 15 is 0 Å². The minimum absolute atomic E-state index is 0.360. The molecule has 0 aliphatic carbocycles. The van der Waals surface area contributed by atoms with Crippen LogP contribution < -0.4 is 9.47 Å². The Kier molecular flexibility index (Phi) is 4.18. The topological polar surface area (TPSA) is 18.5 Å². The van der Waals surface area contributed by atoms with Crippen LogP contribution in [-0.4, -0.2) is 6.79 Å². The maximum Gasteiger partial charge on any atom is 0.231 e. The van der Waals surface area contributed by atoms with E-state index in [2.05, 4.69) is 48.5 Å². The van der Waals surface area contributed by atoms with Crippen molar-refractivity contribution in [1.82, 2.24) is 0 Å². The van der Waals surface area contributed by atoms with Crippen molar-refractivity contribution < 1.29 is 9.47 Å². The summed E-state index contributed by atoms with van der Waals surface area (Å²) >= 11 is 0. The minimum Gasteiger partial charge on any atom is -0.454 e. The Morgan fingerprint density at radius 2 is 0.857 bits per heavy atom. The summed E-state index contributed by atoms with van der Waals surface area (Å²) in [6, 6.07) is 28.4. The van der Waals surface area contributed by atoms with E-state index < -0.39 is 0 Å². The molecule has 21 heavy (non-hydrogen) atoms. The van der Waals surface area contributed by atoms with E-state index in [1.165, 1.54) is 11.1 Å². The van der Waals surface area contributed by atoms with Gasteiger partial charge in [0.15, 0.2) is 11.5 Å². The summed E-state index contributed by atoms with van der Waals surface area (Å²) in [6.45, 7) is 0.360. The summed E-state index contributed by atoms with van der Waals surface area (Å²) in [7, 11) is 0. The average molecular weight is 276 g/mol. The zero-order valence-electron chi connectivity index (χ0n) is 11.6. The molecule has 4 rings (SSSR count). The van der Waals surface area contributed by atoms with Gasteiger partial charge in [-0.3, -0.25) is 0 Å². The lowest BCUT2D eigenvalue weighted by Gasteiger charge is -1.98. The summed E-state index contributed by atoms with van der Waals surface area (Å²) < 4.78 is 10.2. The van der Waals surface area contributed by atoms with Crippen LogP contribution in [-0.2, 0) is 0 Å². The molecule has 0 amide bonds. The standard InChI is InChI=1S/C12H10.C7H6O2/c1-3-7-11(8-4-1)12-9-5-2-6-10-12;1-2-4-7-6(3-1)8-5-9-7/h1-10H;1-4H,5H2. The molecule has 0 bridgehead atoms. The Morgan fingerprint density at radius 3 is 1.29 bits per heavy atom. The van der Waals surface area contributed by atoms with E-state index in [0.29, 0.717) is 6.79 Å². The zero-order chi connectivity index (χ0) is 14.3. The van der Waals surface area contributed by atoms with Gasteiger partial charge in [-0.25, -0.2) is 0 Å². The molecule has 1 aliphatic rings. The van der Waals surface area contributed by atoms with Crippen molar-refractivity contribution in [2.75, 3.05) is 6.79 Å². The average Bonchev–Trinajstić information content (AvgIpc) is 3.06. The molecule has 3 aromatic rings. The third-order valence-corrected chi connectivity index (χ3v) is 3.16. The lowest BCUT2D eigenvalue weighted by Crippen LogP contribution is -1.92. The number of hydrogen-bond donors (Lipinski definition) is 0. The smallest absolute Gasteiger partial charge is 0.231 e. The van der Waals surface area contributed by atoms with E-state index in [0.717, 1.165) is 11.5 Å². The van der Waals surface area contributed by atoms with Crippen molar-refractivity contribution in [3.63, 3.8) is 0 Å². The van der Waals surface area contributed by atoms with Crippen molar-refractivity contribution in [2.45, 2.75) is 0 Å². The molecule has 0 unspecified atom stereocenters. The van der Waals surface area contributed by atoms with Crippen LogP contribution in [0.5, 0.6) is 11.5 Å². The molecular weight excluding hydrogens is 260 g/mol. The molecule has 0 saturated carbocycles. The maximum atomic E-state index is 5.08. The third kappa shape index (κ3) is 3.42. The molecule has 0 saturated heterocycles. The highest BCUT2D eigenvalue weighted by molar-refractivity contribution is 5.62. The SMILES string of the molecule is c1ccc(-c2ccccc2)cc1.c1ccc2c(c1)OCO2. The van der Waals surface area contributed by atoms with Crippen molar-refractivity contribution in [2.24, 2.45) is 0 Å². The first-order valence-corrected chi connectivity index (χ1v) is 6.88. The van der Waals surface area contributed by atoms with Gasteiger partial charge in [0.1, 0.15) is 0 Å². The number of hydrogen-bond acceptors (Lipinski definition) is 2. The van der Waals surface area contributed by atoms with Gasteiger partial charge in [-0.05, 0) is 23.3 Å². The van der Waals surface area contributed by atoms with Gasteiger partial charge in [-0.2, -0.15) is 0 Å². The fourth-order valence-electron chi connectivity index (χ4n) is 2.11. The summed E-state index contributed by atoms with van der Waals surface area (Å²) in [6.07, 6.45) is 0. The second kappa shape index (κ2) is 6.62. The van der Waals surface area contributed by atoms with Crippen molar-refractivity contribution in [3.05, 3.63) is 84.9 Å². The molecule has 0 N–H and O–H groups in total. The third-order valence-electron chi connectivity index (χ3n) is 3.16. The number of rotatable bonds is 1. The largest absolute Gasteiger partial charge is 0.454 e. The van der Waals surface area contributed by atoms with Gasteiger partial charge in [0.2, 0.25) is 6.79 Å². The van der Waals surface area contributed by atoms with Crippen molar-refractivity contribution >= 4 is 0 Å². The number of para-hydroxylation sites is 2. The molecule has 0 aromatic heterocycles. The summed E-state index contributed by atoms with van der Waals surface area (Å²) in [5.41, 5.74) is 2.55. The van der Waals surface area contributed by atoms with E-state index in [1.807, 2.05) is 36.4 Å². The first-order chi connectivity index (χ1) is 10.4. The summed E-state index contributed by atoms with van der Waals surface area (Å²) in [5.74, 6) is 1.69. The lowest BCUT2D eigenvalue weighted by molar-refractivity contribution is 0.174. The zero-order valence-corrected chi connectivity index (χ0v) is 11.6. The van der Waals surface area contributed by atoms with Crippen LogP contribution >= 0.6 is 0 Å². The Balaban J connectivity index is 0.000000131. The number of benzene rings is 3. The quantitative estimate of drug-likeness (QED) is 0.637. The predicted octanol–water partition coefficient (Wildman–Crippen LogP) is 4.77. The molecule has 0 spiro atoms. The normalized spacial score (nSPS) is 11.4. The van der Waals surface area contributed by atoms with Crippen LogP contribution in [0.2, 0.25) is 0 Å². The van der Waals surface area contributed by atoms with Gasteiger partial charge >= 0.3 is 0 Å². The van der Waals surface area contributed by atoms with E-state index in [4.69, 9.17) is 9.47 Å². The monoisotopic (exact) mass is 276 g/mol. The minimum atomic E-state index is 0.360. The fourth-order valence-corrected chi connectivity index (χ4v) is 2.11. The molecule has 2 nitrogen and oxygen atoms in total. The Labute approximate surface area is 124 Å². The molecule has 2 heteroatoms. The van der Waals surface area contributed by atoms with Gasteiger partial charge < -0.3 is 9.47 Å².